The Hall–Kier alpha value is -3.17. The van der Waals surface area contributed by atoms with Crippen LogP contribution in [0.3, 0.4) is 0 Å². The van der Waals surface area contributed by atoms with Gasteiger partial charge in [0.25, 0.3) is 11.6 Å². The molecule has 0 spiro atoms. The molecule has 0 atom stereocenters. The summed E-state index contributed by atoms with van der Waals surface area (Å²) in [6, 6.07) is 8.68. The van der Waals surface area contributed by atoms with Gasteiger partial charge >= 0.3 is 0 Å². The Kier molecular flexibility index (Phi) is 5.88. The van der Waals surface area contributed by atoms with Gasteiger partial charge in [0, 0.05) is 23.7 Å². The molecule has 3 N–H and O–H groups in total. The standard InChI is InChI=1S/C16H16N2O7/c1-24-25-9-11-6-7-12(15(20)14(11)19)16(21)17-8-10-4-2-3-5-13(10)18(22)23/h2-7,19-20H,8-9H2,1H3,(H,17,21). The van der Waals surface area contributed by atoms with Crippen LogP contribution in [-0.2, 0) is 22.9 Å². The van der Waals surface area contributed by atoms with Crippen LogP contribution >= 0.6 is 0 Å². The number of hydrogen-bond donors (Lipinski definition) is 3. The zero-order valence-corrected chi connectivity index (χ0v) is 13.3. The Morgan fingerprint density at radius 3 is 2.56 bits per heavy atom. The summed E-state index contributed by atoms with van der Waals surface area (Å²) in [5.74, 6) is -1.81. The molecule has 0 heterocycles. The van der Waals surface area contributed by atoms with Crippen molar-refractivity contribution >= 4 is 11.6 Å². The van der Waals surface area contributed by atoms with Crippen molar-refractivity contribution < 1.29 is 29.7 Å². The fraction of sp³-hybridized carbons (Fsp3) is 0.188. The molecule has 0 aliphatic heterocycles. The second-order valence-corrected chi connectivity index (χ2v) is 4.97. The Morgan fingerprint density at radius 2 is 1.88 bits per heavy atom. The Bertz CT molecular complexity index is 792. The molecule has 9 heteroatoms. The van der Waals surface area contributed by atoms with Crippen molar-refractivity contribution in [2.24, 2.45) is 0 Å². The number of phenolic OH excluding ortho intramolecular Hbond substituents is 2. The third-order valence-electron chi connectivity index (χ3n) is 3.44. The molecule has 0 aliphatic rings. The fourth-order valence-corrected chi connectivity index (χ4v) is 2.15. The summed E-state index contributed by atoms with van der Waals surface area (Å²) in [6.45, 7) is -0.223. The molecule has 0 unspecified atom stereocenters. The van der Waals surface area contributed by atoms with Gasteiger partial charge in [-0.15, -0.1) is 0 Å². The predicted molar refractivity (Wildman–Crippen MR) is 85.8 cm³/mol. The van der Waals surface area contributed by atoms with Gasteiger partial charge < -0.3 is 15.5 Å². The van der Waals surface area contributed by atoms with E-state index in [9.17, 15) is 25.1 Å². The highest BCUT2D eigenvalue weighted by molar-refractivity contribution is 5.97. The van der Waals surface area contributed by atoms with Crippen LogP contribution in [0.4, 0.5) is 5.69 Å². The lowest BCUT2D eigenvalue weighted by molar-refractivity contribution is -0.385. The van der Waals surface area contributed by atoms with Gasteiger partial charge in [-0.05, 0) is 6.07 Å². The number of carbonyl (C=O) groups excluding carboxylic acids is 1. The van der Waals surface area contributed by atoms with Gasteiger partial charge in [-0.25, -0.2) is 9.78 Å². The number of hydrogen-bond acceptors (Lipinski definition) is 7. The quantitative estimate of drug-likeness (QED) is 0.302. The highest BCUT2D eigenvalue weighted by Gasteiger charge is 2.19. The summed E-state index contributed by atoms with van der Waals surface area (Å²) in [5.41, 5.74) is 0.253. The topological polar surface area (TPSA) is 131 Å². The number of carbonyl (C=O) groups is 1. The van der Waals surface area contributed by atoms with Gasteiger partial charge in [0.05, 0.1) is 17.6 Å². The molecule has 0 radical (unpaired) electrons. The summed E-state index contributed by atoms with van der Waals surface area (Å²) in [5, 5.41) is 33.3. The molecule has 25 heavy (non-hydrogen) atoms. The number of nitrogens with one attached hydrogen (secondary N) is 1. The molecule has 2 aromatic carbocycles. The Morgan fingerprint density at radius 1 is 1.16 bits per heavy atom. The van der Waals surface area contributed by atoms with E-state index >= 15 is 0 Å². The van der Waals surface area contributed by atoms with Gasteiger partial charge in [0.2, 0.25) is 0 Å². The van der Waals surface area contributed by atoms with E-state index in [0.717, 1.165) is 0 Å². The summed E-state index contributed by atoms with van der Waals surface area (Å²) in [7, 11) is 1.29. The summed E-state index contributed by atoms with van der Waals surface area (Å²) < 4.78 is 0. The zero-order valence-electron chi connectivity index (χ0n) is 13.3. The van der Waals surface area contributed by atoms with Gasteiger partial charge in [0.1, 0.15) is 6.61 Å². The van der Waals surface area contributed by atoms with Crippen LogP contribution in [0.5, 0.6) is 11.5 Å². The molecular weight excluding hydrogens is 332 g/mol. The molecule has 1 amide bonds. The minimum Gasteiger partial charge on any atom is -0.504 e. The monoisotopic (exact) mass is 348 g/mol. The first-order chi connectivity index (χ1) is 12.0. The number of benzene rings is 2. The molecule has 9 nitrogen and oxygen atoms in total. The molecule has 0 aliphatic carbocycles. The lowest BCUT2D eigenvalue weighted by atomic mass is 10.1. The van der Waals surface area contributed by atoms with E-state index < -0.39 is 22.3 Å². The van der Waals surface area contributed by atoms with Crippen LogP contribution in [0.25, 0.3) is 0 Å². The van der Waals surface area contributed by atoms with Crippen LogP contribution in [0.2, 0.25) is 0 Å². The van der Waals surface area contributed by atoms with Crippen molar-refractivity contribution in [2.75, 3.05) is 7.11 Å². The van der Waals surface area contributed by atoms with Crippen LogP contribution in [0.15, 0.2) is 36.4 Å². The lowest BCUT2D eigenvalue weighted by Gasteiger charge is -2.11. The molecule has 0 saturated carbocycles. The van der Waals surface area contributed by atoms with E-state index in [1.807, 2.05) is 0 Å². The number of para-hydroxylation sites is 1. The maximum Gasteiger partial charge on any atom is 0.274 e. The van der Waals surface area contributed by atoms with E-state index in [0.29, 0.717) is 5.56 Å². The molecule has 0 bridgehead atoms. The molecule has 0 aromatic heterocycles. The van der Waals surface area contributed by atoms with Crippen molar-refractivity contribution in [3.8, 4) is 11.5 Å². The van der Waals surface area contributed by atoms with E-state index in [1.54, 1.807) is 6.07 Å². The van der Waals surface area contributed by atoms with Crippen molar-refractivity contribution in [1.82, 2.24) is 5.32 Å². The third-order valence-corrected chi connectivity index (χ3v) is 3.44. The van der Waals surface area contributed by atoms with Crippen LogP contribution in [0, 0.1) is 10.1 Å². The third kappa shape index (κ3) is 4.22. The highest BCUT2D eigenvalue weighted by Crippen LogP contribution is 2.33. The van der Waals surface area contributed by atoms with E-state index in [1.165, 1.54) is 37.4 Å². The molecule has 2 rings (SSSR count). The van der Waals surface area contributed by atoms with Gasteiger partial charge in [0.15, 0.2) is 11.5 Å². The van der Waals surface area contributed by atoms with Crippen molar-refractivity contribution in [3.05, 3.63) is 63.2 Å². The fourth-order valence-electron chi connectivity index (χ4n) is 2.15. The van der Waals surface area contributed by atoms with Crippen molar-refractivity contribution in [1.29, 1.82) is 0 Å². The van der Waals surface area contributed by atoms with Crippen LogP contribution in [-0.4, -0.2) is 28.2 Å². The van der Waals surface area contributed by atoms with E-state index in [2.05, 4.69) is 15.1 Å². The van der Waals surface area contributed by atoms with Gasteiger partial charge in [-0.3, -0.25) is 14.9 Å². The first-order valence-corrected chi connectivity index (χ1v) is 7.15. The molecular formula is C16H16N2O7. The summed E-state index contributed by atoms with van der Waals surface area (Å²) in [4.78, 5) is 31.7. The number of phenols is 2. The largest absolute Gasteiger partial charge is 0.504 e. The molecule has 132 valence electrons. The number of rotatable bonds is 7. The first kappa shape index (κ1) is 18.2. The smallest absolute Gasteiger partial charge is 0.274 e. The first-order valence-electron chi connectivity index (χ1n) is 7.15. The normalized spacial score (nSPS) is 10.4. The number of nitro benzene ring substituents is 1. The van der Waals surface area contributed by atoms with Crippen molar-refractivity contribution in [2.45, 2.75) is 13.2 Å². The zero-order chi connectivity index (χ0) is 18.4. The summed E-state index contributed by atoms with van der Waals surface area (Å²) >= 11 is 0. The minimum absolute atomic E-state index is 0.106. The SMILES string of the molecule is COOCc1ccc(C(=O)NCc2ccccc2[N+](=O)[O-])c(O)c1O. The van der Waals surface area contributed by atoms with Gasteiger partial charge in [-0.2, -0.15) is 0 Å². The summed E-state index contributed by atoms with van der Waals surface area (Å²) in [6.07, 6.45) is 0. The van der Waals surface area contributed by atoms with Crippen molar-refractivity contribution in [3.63, 3.8) is 0 Å². The van der Waals surface area contributed by atoms with Crippen LogP contribution in [0.1, 0.15) is 21.5 Å². The van der Waals surface area contributed by atoms with Crippen LogP contribution < -0.4 is 5.32 Å². The van der Waals surface area contributed by atoms with E-state index in [4.69, 9.17) is 0 Å². The Balaban J connectivity index is 2.14. The maximum absolute atomic E-state index is 12.2. The minimum atomic E-state index is -0.690. The molecule has 0 saturated heterocycles. The average molecular weight is 348 g/mol. The number of nitro groups is 1. The highest BCUT2D eigenvalue weighted by atomic mass is 17.2. The molecule has 0 fully saturated rings. The van der Waals surface area contributed by atoms with Gasteiger partial charge in [-0.1, -0.05) is 24.3 Å². The predicted octanol–water partition coefficient (Wildman–Crippen LogP) is 2.01. The molecule has 2 aromatic rings. The Labute approximate surface area is 142 Å². The lowest BCUT2D eigenvalue weighted by Crippen LogP contribution is -2.23. The van der Waals surface area contributed by atoms with E-state index in [-0.39, 0.29) is 30.0 Å². The second-order valence-electron chi connectivity index (χ2n) is 4.97. The maximum atomic E-state index is 12.2. The number of aromatic hydroxyl groups is 2. The average Bonchev–Trinajstić information content (AvgIpc) is 2.61. The second kappa shape index (κ2) is 8.08. The number of nitrogens with zero attached hydrogens (tertiary/aromatic N) is 1. The number of amides is 1.